The average molecular weight is 394 g/mol. The first-order valence-corrected chi connectivity index (χ1v) is 10.5. The van der Waals surface area contributed by atoms with Crippen LogP contribution in [0.5, 0.6) is 0 Å². The molecule has 8 heteroatoms. The molecule has 2 N–H and O–H groups in total. The van der Waals surface area contributed by atoms with E-state index in [-0.39, 0.29) is 18.2 Å². The number of carbonyl (C=O) groups is 2. The summed E-state index contributed by atoms with van der Waals surface area (Å²) in [6.45, 7) is 2.19. The van der Waals surface area contributed by atoms with Crippen LogP contribution in [0.25, 0.3) is 11.7 Å². The minimum absolute atomic E-state index is 0.109. The van der Waals surface area contributed by atoms with Crippen LogP contribution in [-0.4, -0.2) is 57.5 Å². The summed E-state index contributed by atoms with van der Waals surface area (Å²) in [5.74, 6) is 0.789. The maximum absolute atomic E-state index is 12.0. The normalized spacial score (nSPS) is 24.9. The van der Waals surface area contributed by atoms with E-state index in [1.807, 2.05) is 4.52 Å². The van der Waals surface area contributed by atoms with E-state index in [1.54, 1.807) is 12.3 Å². The lowest BCUT2D eigenvalue weighted by Gasteiger charge is -2.17. The average Bonchev–Trinajstić information content (AvgIpc) is 3.38. The molecule has 1 saturated carbocycles. The number of amides is 2. The molecule has 4 heterocycles. The minimum Gasteiger partial charge on any atom is -0.367 e. The Bertz CT molecular complexity index is 1010. The van der Waals surface area contributed by atoms with Crippen LogP contribution in [0.2, 0.25) is 0 Å². The van der Waals surface area contributed by atoms with Crippen LogP contribution in [0, 0.1) is 0 Å². The van der Waals surface area contributed by atoms with Crippen molar-refractivity contribution in [1.82, 2.24) is 24.8 Å². The van der Waals surface area contributed by atoms with Crippen LogP contribution < -0.4 is 10.6 Å². The molecule has 1 unspecified atom stereocenters. The van der Waals surface area contributed by atoms with Gasteiger partial charge in [-0.1, -0.05) is 0 Å². The van der Waals surface area contributed by atoms with Crippen molar-refractivity contribution in [3.63, 3.8) is 0 Å². The zero-order valence-electron chi connectivity index (χ0n) is 16.6. The molecule has 2 aliphatic heterocycles. The highest BCUT2D eigenvalue weighted by molar-refractivity contribution is 6.15. The first-order valence-electron chi connectivity index (χ1n) is 10.5. The second-order valence-corrected chi connectivity index (χ2v) is 8.47. The number of anilines is 1. The summed E-state index contributed by atoms with van der Waals surface area (Å²) >= 11 is 0. The second kappa shape index (κ2) is 7.26. The molecule has 1 atom stereocenters. The van der Waals surface area contributed by atoms with E-state index in [9.17, 15) is 9.59 Å². The van der Waals surface area contributed by atoms with Crippen molar-refractivity contribution in [1.29, 1.82) is 0 Å². The lowest BCUT2D eigenvalue weighted by atomic mass is 9.96. The summed E-state index contributed by atoms with van der Waals surface area (Å²) in [6.07, 6.45) is 9.31. The summed E-state index contributed by atoms with van der Waals surface area (Å²) in [4.78, 5) is 30.9. The standard InChI is InChI=1S/C21H26N6O2/c1-26-7-2-3-13(6-8-26)17-11-18(23-16-4-5-16)27-20(24-17)15(12-22-27)9-14-10-19(28)25-21(14)29/h9,11-13,16,23H,2-8,10H2,1H3,(H,25,28,29)/b14-9+. The zero-order chi connectivity index (χ0) is 20.0. The van der Waals surface area contributed by atoms with Gasteiger partial charge in [0.25, 0.3) is 5.91 Å². The number of rotatable bonds is 4. The monoisotopic (exact) mass is 394 g/mol. The number of fused-ring (bicyclic) bond motifs is 1. The number of hydrogen-bond acceptors (Lipinski definition) is 6. The molecule has 0 radical (unpaired) electrons. The molecule has 2 aromatic heterocycles. The number of hydrogen-bond donors (Lipinski definition) is 2. The Kier molecular flexibility index (Phi) is 4.58. The fourth-order valence-electron chi connectivity index (χ4n) is 4.19. The predicted molar refractivity (Wildman–Crippen MR) is 109 cm³/mol. The molecule has 0 bridgehead atoms. The van der Waals surface area contributed by atoms with Crippen molar-refractivity contribution in [2.75, 3.05) is 25.5 Å². The van der Waals surface area contributed by atoms with Gasteiger partial charge >= 0.3 is 0 Å². The van der Waals surface area contributed by atoms with Gasteiger partial charge in [0.1, 0.15) is 5.82 Å². The number of aromatic nitrogens is 3. The zero-order valence-corrected chi connectivity index (χ0v) is 16.6. The maximum Gasteiger partial charge on any atom is 0.254 e. The largest absolute Gasteiger partial charge is 0.367 e. The van der Waals surface area contributed by atoms with Crippen molar-refractivity contribution in [2.24, 2.45) is 0 Å². The Hall–Kier alpha value is -2.74. The third-order valence-electron chi connectivity index (χ3n) is 6.04. The van der Waals surface area contributed by atoms with E-state index in [0.29, 0.717) is 17.5 Å². The molecule has 152 valence electrons. The molecule has 2 saturated heterocycles. The number of nitrogens with zero attached hydrogens (tertiary/aromatic N) is 4. The second-order valence-electron chi connectivity index (χ2n) is 8.47. The summed E-state index contributed by atoms with van der Waals surface area (Å²) in [5, 5.41) is 10.4. The molecule has 1 aliphatic carbocycles. The summed E-state index contributed by atoms with van der Waals surface area (Å²) in [6, 6.07) is 2.65. The van der Waals surface area contributed by atoms with Crippen molar-refractivity contribution >= 4 is 29.4 Å². The van der Waals surface area contributed by atoms with Gasteiger partial charge in [0.15, 0.2) is 5.65 Å². The van der Waals surface area contributed by atoms with Gasteiger partial charge in [0, 0.05) is 34.9 Å². The Balaban J connectivity index is 1.56. The van der Waals surface area contributed by atoms with Gasteiger partial charge in [0.05, 0.1) is 12.6 Å². The van der Waals surface area contributed by atoms with E-state index >= 15 is 0 Å². The molecular weight excluding hydrogens is 368 g/mol. The van der Waals surface area contributed by atoms with E-state index in [0.717, 1.165) is 55.1 Å². The molecule has 2 amide bonds. The van der Waals surface area contributed by atoms with Crippen LogP contribution in [0.1, 0.15) is 55.7 Å². The summed E-state index contributed by atoms with van der Waals surface area (Å²) < 4.78 is 1.83. The highest BCUT2D eigenvalue weighted by Gasteiger charge is 2.27. The van der Waals surface area contributed by atoms with Crippen molar-refractivity contribution < 1.29 is 9.59 Å². The quantitative estimate of drug-likeness (QED) is 0.608. The van der Waals surface area contributed by atoms with Crippen molar-refractivity contribution in [2.45, 2.75) is 50.5 Å². The lowest BCUT2D eigenvalue weighted by molar-refractivity contribution is -0.124. The third-order valence-corrected chi connectivity index (χ3v) is 6.04. The maximum atomic E-state index is 12.0. The highest BCUT2D eigenvalue weighted by atomic mass is 16.2. The van der Waals surface area contributed by atoms with Crippen molar-refractivity contribution in [3.05, 3.63) is 29.1 Å². The van der Waals surface area contributed by atoms with Gasteiger partial charge in [-0.15, -0.1) is 0 Å². The molecule has 3 aliphatic rings. The predicted octanol–water partition coefficient (Wildman–Crippen LogP) is 1.93. The fraction of sp³-hybridized carbons (Fsp3) is 0.524. The van der Waals surface area contributed by atoms with Crippen LogP contribution in [0.4, 0.5) is 5.82 Å². The Labute approximate surface area is 169 Å². The van der Waals surface area contributed by atoms with Gasteiger partial charge in [-0.2, -0.15) is 9.61 Å². The highest BCUT2D eigenvalue weighted by Crippen LogP contribution is 2.32. The van der Waals surface area contributed by atoms with Crippen LogP contribution in [0.3, 0.4) is 0 Å². The Morgan fingerprint density at radius 1 is 1.21 bits per heavy atom. The number of likely N-dealkylation sites (tertiary alicyclic amines) is 1. The molecule has 0 spiro atoms. The van der Waals surface area contributed by atoms with Gasteiger partial charge in [0.2, 0.25) is 5.91 Å². The van der Waals surface area contributed by atoms with Gasteiger partial charge in [-0.25, -0.2) is 4.98 Å². The van der Waals surface area contributed by atoms with E-state index in [1.165, 1.54) is 12.8 Å². The molecule has 8 nitrogen and oxygen atoms in total. The third kappa shape index (κ3) is 3.76. The first-order chi connectivity index (χ1) is 14.1. The SMILES string of the molecule is CN1CCCC(c2cc(NC3CC3)n3ncc(/C=C4\CC(=O)NC4=O)c3n2)CC1. The summed E-state index contributed by atoms with van der Waals surface area (Å²) in [7, 11) is 2.17. The van der Waals surface area contributed by atoms with E-state index in [2.05, 4.69) is 33.7 Å². The molecule has 3 fully saturated rings. The minimum atomic E-state index is -0.325. The Morgan fingerprint density at radius 3 is 2.83 bits per heavy atom. The van der Waals surface area contributed by atoms with Crippen molar-refractivity contribution in [3.8, 4) is 0 Å². The summed E-state index contributed by atoms with van der Waals surface area (Å²) in [5.41, 5.74) is 3.06. The smallest absolute Gasteiger partial charge is 0.254 e. The molecular formula is C21H26N6O2. The first kappa shape index (κ1) is 18.3. The van der Waals surface area contributed by atoms with Crippen LogP contribution in [-0.2, 0) is 9.59 Å². The molecule has 0 aromatic carbocycles. The van der Waals surface area contributed by atoms with Gasteiger partial charge in [-0.05, 0) is 58.3 Å². The fourth-order valence-corrected chi connectivity index (χ4v) is 4.19. The molecule has 5 rings (SSSR count). The van der Waals surface area contributed by atoms with Gasteiger partial charge in [-0.3, -0.25) is 14.9 Å². The number of nitrogens with one attached hydrogen (secondary N) is 2. The molecule has 2 aromatic rings. The van der Waals surface area contributed by atoms with E-state index in [4.69, 9.17) is 4.98 Å². The topological polar surface area (TPSA) is 91.6 Å². The molecule has 29 heavy (non-hydrogen) atoms. The van der Waals surface area contributed by atoms with Crippen LogP contribution >= 0.6 is 0 Å². The number of carbonyl (C=O) groups excluding carboxylic acids is 2. The van der Waals surface area contributed by atoms with Gasteiger partial charge < -0.3 is 10.2 Å². The van der Waals surface area contributed by atoms with E-state index < -0.39 is 0 Å². The Morgan fingerprint density at radius 2 is 2.07 bits per heavy atom. The van der Waals surface area contributed by atoms with Crippen LogP contribution in [0.15, 0.2) is 17.8 Å². The number of imide groups is 1. The lowest BCUT2D eigenvalue weighted by Crippen LogP contribution is -2.19.